The van der Waals surface area contributed by atoms with Crippen LogP contribution in [0, 0.1) is 11.8 Å². The molecule has 2 atom stereocenters. The Hall–Kier alpha value is -0.770. The van der Waals surface area contributed by atoms with Gasteiger partial charge in [0.2, 0.25) is 0 Å². The number of hydrogen-bond donors (Lipinski definition) is 2. The number of methoxy groups -OCH3 is 1. The summed E-state index contributed by atoms with van der Waals surface area (Å²) in [5, 5.41) is 10.9. The van der Waals surface area contributed by atoms with Gasteiger partial charge in [-0.05, 0) is 42.1 Å². The Morgan fingerprint density at radius 1 is 1.39 bits per heavy atom. The van der Waals surface area contributed by atoms with Gasteiger partial charge in [-0.2, -0.15) is 0 Å². The van der Waals surface area contributed by atoms with Gasteiger partial charge in [0.25, 0.3) is 0 Å². The first-order valence-electron chi connectivity index (χ1n) is 6.20. The largest absolute Gasteiger partial charge is 0.496 e. The molecule has 0 fully saturated rings. The average Bonchev–Trinajstić information content (AvgIpc) is 2.29. The number of hydrogen-bond acceptors (Lipinski definition) is 3. The molecule has 1 rings (SSSR count). The standard InChI is InChI=1S/C14H22ClNO2/c1-9(2)12(8-16)13(17)7-10-6-11(15)4-5-14(10)18-3/h4-6,9,12-13,17H,7-8,16H2,1-3H3. The lowest BCUT2D eigenvalue weighted by molar-refractivity contribution is 0.0857. The Labute approximate surface area is 114 Å². The van der Waals surface area contributed by atoms with E-state index in [1.54, 1.807) is 13.2 Å². The van der Waals surface area contributed by atoms with Crippen LogP contribution in [0.1, 0.15) is 19.4 Å². The third-order valence-electron chi connectivity index (χ3n) is 3.29. The Morgan fingerprint density at radius 3 is 2.56 bits per heavy atom. The second-order valence-corrected chi connectivity index (χ2v) is 5.31. The lowest BCUT2D eigenvalue weighted by Gasteiger charge is -2.25. The van der Waals surface area contributed by atoms with Gasteiger partial charge >= 0.3 is 0 Å². The molecular weight excluding hydrogens is 250 g/mol. The third-order valence-corrected chi connectivity index (χ3v) is 3.53. The van der Waals surface area contributed by atoms with Crippen molar-refractivity contribution in [3.63, 3.8) is 0 Å². The first-order chi connectivity index (χ1) is 8.49. The van der Waals surface area contributed by atoms with Gasteiger partial charge in [0, 0.05) is 11.4 Å². The third kappa shape index (κ3) is 3.87. The quantitative estimate of drug-likeness (QED) is 0.836. The summed E-state index contributed by atoms with van der Waals surface area (Å²) >= 11 is 5.97. The Kier molecular flexibility index (Phi) is 5.93. The van der Waals surface area contributed by atoms with Crippen molar-refractivity contribution in [3.05, 3.63) is 28.8 Å². The highest BCUT2D eigenvalue weighted by molar-refractivity contribution is 6.30. The molecule has 0 saturated heterocycles. The van der Waals surface area contributed by atoms with Gasteiger partial charge in [0.15, 0.2) is 0 Å². The number of halogens is 1. The highest BCUT2D eigenvalue weighted by Gasteiger charge is 2.22. The molecule has 3 nitrogen and oxygen atoms in total. The van der Waals surface area contributed by atoms with E-state index < -0.39 is 6.10 Å². The molecule has 0 saturated carbocycles. The molecular formula is C14H22ClNO2. The molecule has 0 aliphatic carbocycles. The zero-order valence-electron chi connectivity index (χ0n) is 11.2. The second kappa shape index (κ2) is 6.98. The van der Waals surface area contributed by atoms with Crippen LogP contribution in [0.2, 0.25) is 5.02 Å². The molecule has 18 heavy (non-hydrogen) atoms. The molecule has 3 N–H and O–H groups in total. The van der Waals surface area contributed by atoms with E-state index in [1.165, 1.54) is 0 Å². The normalized spacial score (nSPS) is 14.6. The number of rotatable bonds is 6. The highest BCUT2D eigenvalue weighted by Crippen LogP contribution is 2.26. The monoisotopic (exact) mass is 271 g/mol. The van der Waals surface area contributed by atoms with Gasteiger partial charge in [-0.25, -0.2) is 0 Å². The number of benzene rings is 1. The van der Waals surface area contributed by atoms with Crippen molar-refractivity contribution in [3.8, 4) is 5.75 Å². The molecule has 0 amide bonds. The smallest absolute Gasteiger partial charge is 0.122 e. The predicted molar refractivity (Wildman–Crippen MR) is 75.1 cm³/mol. The van der Waals surface area contributed by atoms with Crippen LogP contribution in [0.3, 0.4) is 0 Å². The van der Waals surface area contributed by atoms with E-state index in [0.29, 0.717) is 23.9 Å². The molecule has 1 aromatic rings. The molecule has 102 valence electrons. The summed E-state index contributed by atoms with van der Waals surface area (Å²) in [4.78, 5) is 0. The maximum absolute atomic E-state index is 10.3. The van der Waals surface area contributed by atoms with Crippen molar-refractivity contribution in [2.45, 2.75) is 26.4 Å². The minimum absolute atomic E-state index is 0.0775. The van der Waals surface area contributed by atoms with E-state index in [0.717, 1.165) is 11.3 Å². The predicted octanol–water partition coefficient (Wildman–Crippen LogP) is 2.48. The fourth-order valence-corrected chi connectivity index (χ4v) is 2.35. The summed E-state index contributed by atoms with van der Waals surface area (Å²) in [7, 11) is 1.61. The van der Waals surface area contributed by atoms with E-state index in [1.807, 2.05) is 12.1 Å². The summed E-state index contributed by atoms with van der Waals surface area (Å²) < 4.78 is 5.27. The first-order valence-corrected chi connectivity index (χ1v) is 6.58. The second-order valence-electron chi connectivity index (χ2n) is 4.87. The first kappa shape index (κ1) is 15.3. The van der Waals surface area contributed by atoms with E-state index in [4.69, 9.17) is 22.1 Å². The molecule has 0 radical (unpaired) electrons. The summed E-state index contributed by atoms with van der Waals surface area (Å²) in [5.74, 6) is 1.17. The number of nitrogens with two attached hydrogens (primary N) is 1. The van der Waals surface area contributed by atoms with Gasteiger partial charge in [-0.1, -0.05) is 25.4 Å². The van der Waals surface area contributed by atoms with Crippen molar-refractivity contribution in [2.75, 3.05) is 13.7 Å². The highest BCUT2D eigenvalue weighted by atomic mass is 35.5. The SMILES string of the molecule is COc1ccc(Cl)cc1CC(O)C(CN)C(C)C. The Morgan fingerprint density at radius 2 is 2.06 bits per heavy atom. The summed E-state index contributed by atoms with van der Waals surface area (Å²) in [5.41, 5.74) is 6.62. The minimum atomic E-state index is -0.484. The van der Waals surface area contributed by atoms with Gasteiger partial charge in [0.05, 0.1) is 13.2 Å². The summed E-state index contributed by atoms with van der Waals surface area (Å²) in [6.07, 6.45) is 0.0198. The van der Waals surface area contributed by atoms with E-state index in [2.05, 4.69) is 13.8 Å². The van der Waals surface area contributed by atoms with Crippen molar-refractivity contribution >= 4 is 11.6 Å². The zero-order chi connectivity index (χ0) is 13.7. The van der Waals surface area contributed by atoms with Gasteiger partial charge in [-0.3, -0.25) is 0 Å². The van der Waals surface area contributed by atoms with Crippen molar-refractivity contribution in [2.24, 2.45) is 17.6 Å². The minimum Gasteiger partial charge on any atom is -0.496 e. The van der Waals surface area contributed by atoms with Crippen molar-refractivity contribution < 1.29 is 9.84 Å². The average molecular weight is 272 g/mol. The van der Waals surface area contributed by atoms with Crippen LogP contribution in [0.4, 0.5) is 0 Å². The van der Waals surface area contributed by atoms with Crippen LogP contribution in [-0.4, -0.2) is 24.9 Å². The number of aliphatic hydroxyl groups excluding tert-OH is 1. The van der Waals surface area contributed by atoms with Crippen LogP contribution in [0.5, 0.6) is 5.75 Å². The van der Waals surface area contributed by atoms with Crippen LogP contribution >= 0.6 is 11.6 Å². The Balaban J connectivity index is 2.86. The maximum Gasteiger partial charge on any atom is 0.122 e. The molecule has 0 bridgehead atoms. The topological polar surface area (TPSA) is 55.5 Å². The van der Waals surface area contributed by atoms with Crippen LogP contribution in [-0.2, 0) is 6.42 Å². The summed E-state index contributed by atoms with van der Waals surface area (Å²) in [6.45, 7) is 4.60. The zero-order valence-corrected chi connectivity index (χ0v) is 11.9. The molecule has 0 aliphatic rings. The molecule has 4 heteroatoms. The number of aliphatic hydroxyl groups is 1. The molecule has 0 aromatic heterocycles. The summed E-state index contributed by atoms with van der Waals surface area (Å²) in [6, 6.07) is 5.42. The van der Waals surface area contributed by atoms with E-state index in [-0.39, 0.29) is 5.92 Å². The van der Waals surface area contributed by atoms with Crippen molar-refractivity contribution in [1.82, 2.24) is 0 Å². The molecule has 1 aromatic carbocycles. The fraction of sp³-hybridized carbons (Fsp3) is 0.571. The maximum atomic E-state index is 10.3. The van der Waals surface area contributed by atoms with Crippen molar-refractivity contribution in [1.29, 1.82) is 0 Å². The molecule has 0 spiro atoms. The Bertz CT molecular complexity index is 382. The molecule has 0 aliphatic heterocycles. The molecule has 0 heterocycles. The van der Waals surface area contributed by atoms with Crippen LogP contribution in [0.15, 0.2) is 18.2 Å². The van der Waals surface area contributed by atoms with Crippen LogP contribution in [0.25, 0.3) is 0 Å². The number of ether oxygens (including phenoxy) is 1. The van der Waals surface area contributed by atoms with Gasteiger partial charge < -0.3 is 15.6 Å². The lowest BCUT2D eigenvalue weighted by atomic mass is 9.87. The molecule has 2 unspecified atom stereocenters. The lowest BCUT2D eigenvalue weighted by Crippen LogP contribution is -2.33. The van der Waals surface area contributed by atoms with Gasteiger partial charge in [-0.15, -0.1) is 0 Å². The van der Waals surface area contributed by atoms with Crippen LogP contribution < -0.4 is 10.5 Å². The van der Waals surface area contributed by atoms with Gasteiger partial charge in [0.1, 0.15) is 5.75 Å². The van der Waals surface area contributed by atoms with E-state index >= 15 is 0 Å². The fourth-order valence-electron chi connectivity index (χ4n) is 2.16. The van der Waals surface area contributed by atoms with E-state index in [9.17, 15) is 5.11 Å².